The lowest BCUT2D eigenvalue weighted by atomic mass is 9.98. The Morgan fingerprint density at radius 1 is 0.903 bits per heavy atom. The minimum Gasteiger partial charge on any atom is -0.396 e. The van der Waals surface area contributed by atoms with Gasteiger partial charge < -0.3 is 14.9 Å². The quantitative estimate of drug-likeness (QED) is 0.739. The summed E-state index contributed by atoms with van der Waals surface area (Å²) in [5.74, 6) is 0. The number of hydrogen-bond acceptors (Lipinski definition) is 5. The standard InChI is InChI=1S/C26H38N4O/c1-27-15-12-25(13-16-27)30-18-17-29(21-26(30)14-19-31)20-22-8-10-24(11-9-22)28(2)23-6-4-3-5-7-23/h3-11,25-26,31H,12-21H2,1-2H3. The van der Waals surface area contributed by atoms with E-state index in [1.54, 1.807) is 0 Å². The molecule has 2 saturated heterocycles. The number of aliphatic hydroxyl groups excluding tert-OH is 1. The number of benzene rings is 2. The minimum absolute atomic E-state index is 0.280. The number of para-hydroxylation sites is 1. The third-order valence-corrected chi connectivity index (χ3v) is 7.11. The van der Waals surface area contributed by atoms with Crippen molar-refractivity contribution in [2.24, 2.45) is 0 Å². The number of aliphatic hydroxyl groups is 1. The van der Waals surface area contributed by atoms with E-state index in [0.29, 0.717) is 12.1 Å². The van der Waals surface area contributed by atoms with Crippen molar-refractivity contribution in [2.75, 3.05) is 58.3 Å². The number of piperidine rings is 1. The molecule has 0 aliphatic carbocycles. The fourth-order valence-electron chi connectivity index (χ4n) is 5.17. The van der Waals surface area contributed by atoms with Crippen LogP contribution in [-0.4, -0.2) is 85.3 Å². The maximum Gasteiger partial charge on any atom is 0.0446 e. The van der Waals surface area contributed by atoms with Crippen LogP contribution in [0.2, 0.25) is 0 Å². The predicted molar refractivity (Wildman–Crippen MR) is 129 cm³/mol. The van der Waals surface area contributed by atoms with Crippen molar-refractivity contribution in [1.82, 2.24) is 14.7 Å². The summed E-state index contributed by atoms with van der Waals surface area (Å²) in [7, 11) is 4.34. The topological polar surface area (TPSA) is 33.2 Å². The highest BCUT2D eigenvalue weighted by Crippen LogP contribution is 2.26. The summed E-state index contributed by atoms with van der Waals surface area (Å²) in [4.78, 5) is 9.94. The van der Waals surface area contributed by atoms with Gasteiger partial charge in [-0.2, -0.15) is 0 Å². The van der Waals surface area contributed by atoms with E-state index in [2.05, 4.69) is 88.3 Å². The normalized spacial score (nSPS) is 22.0. The Bertz CT molecular complexity index is 789. The second kappa shape index (κ2) is 10.6. The van der Waals surface area contributed by atoms with Crippen LogP contribution >= 0.6 is 0 Å². The van der Waals surface area contributed by atoms with E-state index in [4.69, 9.17) is 0 Å². The van der Waals surface area contributed by atoms with Crippen molar-refractivity contribution in [3.05, 3.63) is 60.2 Å². The van der Waals surface area contributed by atoms with Crippen LogP contribution in [0.4, 0.5) is 11.4 Å². The van der Waals surface area contributed by atoms with Gasteiger partial charge in [-0.3, -0.25) is 9.80 Å². The van der Waals surface area contributed by atoms with Crippen LogP contribution in [-0.2, 0) is 6.54 Å². The SMILES string of the molecule is CN1CCC(N2CCN(Cc3ccc(N(C)c4ccccc4)cc3)CC2CCO)CC1. The van der Waals surface area contributed by atoms with Crippen LogP contribution in [0.25, 0.3) is 0 Å². The van der Waals surface area contributed by atoms with Crippen LogP contribution in [0, 0.1) is 0 Å². The molecular weight excluding hydrogens is 384 g/mol. The summed E-state index contributed by atoms with van der Waals surface area (Å²) in [6, 6.07) is 20.6. The van der Waals surface area contributed by atoms with Gasteiger partial charge in [0.25, 0.3) is 0 Å². The summed E-state index contributed by atoms with van der Waals surface area (Å²) in [6.45, 7) is 6.94. The smallest absolute Gasteiger partial charge is 0.0446 e. The maximum atomic E-state index is 9.67. The third kappa shape index (κ3) is 5.66. The molecule has 1 unspecified atom stereocenters. The van der Waals surface area contributed by atoms with Crippen molar-refractivity contribution in [3.8, 4) is 0 Å². The van der Waals surface area contributed by atoms with E-state index in [-0.39, 0.29) is 6.61 Å². The Morgan fingerprint density at radius 3 is 2.26 bits per heavy atom. The van der Waals surface area contributed by atoms with E-state index in [9.17, 15) is 5.11 Å². The first kappa shape index (κ1) is 22.3. The Balaban J connectivity index is 1.35. The Morgan fingerprint density at radius 2 is 1.58 bits per heavy atom. The molecular formula is C26H38N4O. The molecule has 0 saturated carbocycles. The summed E-state index contributed by atoms with van der Waals surface area (Å²) >= 11 is 0. The molecule has 1 N–H and O–H groups in total. The van der Waals surface area contributed by atoms with Gasteiger partial charge in [0.2, 0.25) is 0 Å². The number of likely N-dealkylation sites (tertiary alicyclic amines) is 1. The number of piperazine rings is 1. The van der Waals surface area contributed by atoms with Crippen LogP contribution in [0.15, 0.2) is 54.6 Å². The van der Waals surface area contributed by atoms with Crippen LogP contribution in [0.5, 0.6) is 0 Å². The molecule has 5 nitrogen and oxygen atoms in total. The van der Waals surface area contributed by atoms with Gasteiger partial charge in [0.1, 0.15) is 0 Å². The molecule has 2 fully saturated rings. The van der Waals surface area contributed by atoms with Gasteiger partial charge in [-0.15, -0.1) is 0 Å². The fourth-order valence-corrected chi connectivity index (χ4v) is 5.17. The Kier molecular flexibility index (Phi) is 7.62. The summed E-state index contributed by atoms with van der Waals surface area (Å²) in [5, 5.41) is 9.67. The number of rotatable bonds is 7. The van der Waals surface area contributed by atoms with E-state index >= 15 is 0 Å². The molecule has 2 aliphatic heterocycles. The molecule has 2 aromatic rings. The van der Waals surface area contributed by atoms with Crippen molar-refractivity contribution < 1.29 is 5.11 Å². The van der Waals surface area contributed by atoms with Gasteiger partial charge in [-0.25, -0.2) is 0 Å². The lowest BCUT2D eigenvalue weighted by molar-refractivity contribution is 0.00600. The molecule has 168 valence electrons. The molecule has 2 aromatic carbocycles. The second-order valence-corrected chi connectivity index (χ2v) is 9.23. The van der Waals surface area contributed by atoms with Gasteiger partial charge in [-0.05, 0) is 69.2 Å². The zero-order valence-corrected chi connectivity index (χ0v) is 19.2. The first-order valence-corrected chi connectivity index (χ1v) is 11.8. The predicted octanol–water partition coefficient (Wildman–Crippen LogP) is 3.42. The molecule has 0 spiro atoms. The van der Waals surface area contributed by atoms with Crippen LogP contribution in [0.1, 0.15) is 24.8 Å². The van der Waals surface area contributed by atoms with Crippen LogP contribution < -0.4 is 4.90 Å². The molecule has 5 heteroatoms. The number of hydrogen-bond donors (Lipinski definition) is 1. The molecule has 4 rings (SSSR count). The highest BCUT2D eigenvalue weighted by atomic mass is 16.3. The second-order valence-electron chi connectivity index (χ2n) is 9.23. The summed E-state index contributed by atoms with van der Waals surface area (Å²) in [6.07, 6.45) is 3.40. The lowest BCUT2D eigenvalue weighted by Gasteiger charge is -2.47. The molecule has 0 amide bonds. The van der Waals surface area contributed by atoms with E-state index in [1.807, 2.05) is 0 Å². The van der Waals surface area contributed by atoms with Crippen molar-refractivity contribution in [1.29, 1.82) is 0 Å². The first-order valence-electron chi connectivity index (χ1n) is 11.8. The number of nitrogens with zero attached hydrogens (tertiary/aromatic N) is 4. The van der Waals surface area contributed by atoms with Crippen molar-refractivity contribution >= 4 is 11.4 Å². The monoisotopic (exact) mass is 422 g/mol. The van der Waals surface area contributed by atoms with E-state index < -0.39 is 0 Å². The van der Waals surface area contributed by atoms with Crippen molar-refractivity contribution in [2.45, 2.75) is 37.9 Å². The average Bonchev–Trinajstić information content (AvgIpc) is 2.81. The highest BCUT2D eigenvalue weighted by Gasteiger charge is 2.32. The molecule has 1 atom stereocenters. The molecule has 31 heavy (non-hydrogen) atoms. The van der Waals surface area contributed by atoms with Crippen LogP contribution in [0.3, 0.4) is 0 Å². The zero-order chi connectivity index (χ0) is 21.6. The maximum absolute atomic E-state index is 9.67. The summed E-state index contributed by atoms with van der Waals surface area (Å²) < 4.78 is 0. The Labute approximate surface area is 187 Å². The van der Waals surface area contributed by atoms with Gasteiger partial charge in [-0.1, -0.05) is 30.3 Å². The van der Waals surface area contributed by atoms with Gasteiger partial charge in [0, 0.05) is 63.3 Å². The molecule has 0 radical (unpaired) electrons. The number of anilines is 2. The minimum atomic E-state index is 0.280. The zero-order valence-electron chi connectivity index (χ0n) is 19.2. The van der Waals surface area contributed by atoms with E-state index in [1.165, 1.54) is 42.9 Å². The highest BCUT2D eigenvalue weighted by molar-refractivity contribution is 5.62. The van der Waals surface area contributed by atoms with E-state index in [0.717, 1.165) is 32.6 Å². The molecule has 0 aromatic heterocycles. The lowest BCUT2D eigenvalue weighted by Crippen LogP contribution is -2.58. The first-order chi connectivity index (χ1) is 15.1. The van der Waals surface area contributed by atoms with Gasteiger partial charge in [0.05, 0.1) is 0 Å². The largest absolute Gasteiger partial charge is 0.396 e. The third-order valence-electron chi connectivity index (χ3n) is 7.11. The van der Waals surface area contributed by atoms with Crippen molar-refractivity contribution in [3.63, 3.8) is 0 Å². The van der Waals surface area contributed by atoms with Gasteiger partial charge >= 0.3 is 0 Å². The molecule has 2 aliphatic rings. The average molecular weight is 423 g/mol. The fraction of sp³-hybridized carbons (Fsp3) is 0.538. The molecule has 0 bridgehead atoms. The summed E-state index contributed by atoms with van der Waals surface area (Å²) in [5.41, 5.74) is 3.77. The van der Waals surface area contributed by atoms with Gasteiger partial charge in [0.15, 0.2) is 0 Å². The molecule has 2 heterocycles. The Hall–Kier alpha value is -1.92.